The van der Waals surface area contributed by atoms with E-state index in [4.69, 9.17) is 5.73 Å². The second-order valence-corrected chi connectivity index (χ2v) is 3.11. The fraction of sp³-hybridized carbons (Fsp3) is 0.0769. The summed E-state index contributed by atoms with van der Waals surface area (Å²) in [6.07, 6.45) is 7.31. The molecule has 0 heterocycles. The minimum atomic E-state index is 0.767. The third kappa shape index (κ3) is 2.94. The molecule has 0 unspecified atom stereocenters. The summed E-state index contributed by atoms with van der Waals surface area (Å²) in [5.41, 5.74) is 8.91. The number of benzene rings is 1. The first kappa shape index (κ1) is 10.3. The number of hydrogen-bond acceptors (Lipinski definition) is 1. The average molecular weight is 185 g/mol. The van der Waals surface area contributed by atoms with Gasteiger partial charge < -0.3 is 5.73 Å². The minimum absolute atomic E-state index is 0.767. The van der Waals surface area contributed by atoms with Gasteiger partial charge in [0.25, 0.3) is 0 Å². The molecule has 1 nitrogen and oxygen atoms in total. The third-order valence-corrected chi connectivity index (χ3v) is 1.91. The number of hydrogen-bond donors (Lipinski definition) is 1. The molecule has 1 aromatic carbocycles. The zero-order valence-corrected chi connectivity index (χ0v) is 8.40. The van der Waals surface area contributed by atoms with Gasteiger partial charge in [0.2, 0.25) is 0 Å². The topological polar surface area (TPSA) is 26.0 Å². The molecule has 0 fully saturated rings. The molecule has 72 valence electrons. The van der Waals surface area contributed by atoms with E-state index in [0.29, 0.717) is 0 Å². The Balaban J connectivity index is 2.83. The summed E-state index contributed by atoms with van der Waals surface area (Å²) in [5.74, 6) is 0. The van der Waals surface area contributed by atoms with Crippen LogP contribution in [0.3, 0.4) is 0 Å². The SMILES string of the molecule is C=C/C=C/C=C(/N)c1ccc(C)cc1. The molecule has 0 bridgehead atoms. The number of aryl methyl sites for hydroxylation is 1. The highest BCUT2D eigenvalue weighted by atomic mass is 14.6. The van der Waals surface area contributed by atoms with E-state index in [1.54, 1.807) is 6.08 Å². The van der Waals surface area contributed by atoms with E-state index in [1.165, 1.54) is 5.56 Å². The molecule has 1 aromatic rings. The molecule has 2 N–H and O–H groups in total. The van der Waals surface area contributed by atoms with Crippen molar-refractivity contribution in [2.45, 2.75) is 6.92 Å². The van der Waals surface area contributed by atoms with Crippen LogP contribution < -0.4 is 5.73 Å². The van der Waals surface area contributed by atoms with Crippen LogP contribution in [-0.4, -0.2) is 0 Å². The van der Waals surface area contributed by atoms with Crippen LogP contribution in [0.15, 0.2) is 55.1 Å². The van der Waals surface area contributed by atoms with Crippen molar-refractivity contribution in [3.8, 4) is 0 Å². The van der Waals surface area contributed by atoms with Gasteiger partial charge in [-0.2, -0.15) is 0 Å². The fourth-order valence-electron chi connectivity index (χ4n) is 1.08. The molecule has 1 rings (SSSR count). The van der Waals surface area contributed by atoms with Gasteiger partial charge in [-0.3, -0.25) is 0 Å². The first-order chi connectivity index (χ1) is 6.74. The molecule has 1 heteroatoms. The molecule has 0 saturated carbocycles. The summed E-state index contributed by atoms with van der Waals surface area (Å²) in [5, 5.41) is 0. The van der Waals surface area contributed by atoms with Crippen LogP contribution in [0.1, 0.15) is 11.1 Å². The molecular weight excluding hydrogens is 170 g/mol. The van der Waals surface area contributed by atoms with Crippen molar-refractivity contribution >= 4 is 5.70 Å². The van der Waals surface area contributed by atoms with Crippen molar-refractivity contribution in [1.29, 1.82) is 0 Å². The summed E-state index contributed by atoms with van der Waals surface area (Å²) in [4.78, 5) is 0. The first-order valence-corrected chi connectivity index (χ1v) is 4.56. The highest BCUT2D eigenvalue weighted by Crippen LogP contribution is 2.09. The molecule has 0 spiro atoms. The smallest absolute Gasteiger partial charge is 0.0387 e. The molecule has 0 aliphatic heterocycles. The summed E-state index contributed by atoms with van der Waals surface area (Å²) >= 11 is 0. The van der Waals surface area contributed by atoms with Crippen LogP contribution in [0.4, 0.5) is 0 Å². The third-order valence-electron chi connectivity index (χ3n) is 1.91. The van der Waals surface area contributed by atoms with E-state index >= 15 is 0 Å². The molecule has 0 saturated heterocycles. The normalized spacial score (nSPS) is 11.9. The fourth-order valence-corrected chi connectivity index (χ4v) is 1.08. The standard InChI is InChI=1S/C13H15N/c1-3-4-5-6-13(14)12-9-7-11(2)8-10-12/h3-10H,1,14H2,2H3/b5-4+,13-6+. The molecule has 0 radical (unpaired) electrons. The monoisotopic (exact) mass is 185 g/mol. The lowest BCUT2D eigenvalue weighted by atomic mass is 10.1. The van der Waals surface area contributed by atoms with Crippen molar-refractivity contribution in [3.63, 3.8) is 0 Å². The Morgan fingerprint density at radius 2 is 1.86 bits per heavy atom. The van der Waals surface area contributed by atoms with E-state index in [-0.39, 0.29) is 0 Å². The van der Waals surface area contributed by atoms with Gasteiger partial charge in [-0.25, -0.2) is 0 Å². The number of nitrogens with two attached hydrogens (primary N) is 1. The predicted molar refractivity (Wildman–Crippen MR) is 62.7 cm³/mol. The minimum Gasteiger partial charge on any atom is -0.398 e. The lowest BCUT2D eigenvalue weighted by molar-refractivity contribution is 1.43. The second kappa shape index (κ2) is 5.07. The Labute approximate surface area is 85.3 Å². The second-order valence-electron chi connectivity index (χ2n) is 3.11. The first-order valence-electron chi connectivity index (χ1n) is 4.56. The lowest BCUT2D eigenvalue weighted by Gasteiger charge is -2.00. The zero-order chi connectivity index (χ0) is 10.4. The summed E-state index contributed by atoms with van der Waals surface area (Å²) in [7, 11) is 0. The Morgan fingerprint density at radius 1 is 1.21 bits per heavy atom. The quantitative estimate of drug-likeness (QED) is 0.720. The van der Waals surface area contributed by atoms with E-state index in [9.17, 15) is 0 Å². The molecule has 0 atom stereocenters. The van der Waals surface area contributed by atoms with Crippen LogP contribution in [-0.2, 0) is 0 Å². The maximum absolute atomic E-state index is 5.86. The molecule has 0 aliphatic rings. The van der Waals surface area contributed by atoms with Crippen molar-refractivity contribution in [2.24, 2.45) is 5.73 Å². The van der Waals surface area contributed by atoms with Crippen LogP contribution in [0.5, 0.6) is 0 Å². The maximum Gasteiger partial charge on any atom is 0.0387 e. The summed E-state index contributed by atoms with van der Waals surface area (Å²) in [6.45, 7) is 5.64. The average Bonchev–Trinajstić information content (AvgIpc) is 2.19. The van der Waals surface area contributed by atoms with Crippen molar-refractivity contribution in [1.82, 2.24) is 0 Å². The van der Waals surface area contributed by atoms with Crippen molar-refractivity contribution in [2.75, 3.05) is 0 Å². The van der Waals surface area contributed by atoms with Gasteiger partial charge in [-0.05, 0) is 18.6 Å². The molecular formula is C13H15N. The van der Waals surface area contributed by atoms with Gasteiger partial charge >= 0.3 is 0 Å². The van der Waals surface area contributed by atoms with Crippen molar-refractivity contribution < 1.29 is 0 Å². The number of allylic oxidation sites excluding steroid dienone is 4. The molecule has 0 amide bonds. The van der Waals surface area contributed by atoms with Crippen LogP contribution in [0.2, 0.25) is 0 Å². The Kier molecular flexibility index (Phi) is 3.74. The van der Waals surface area contributed by atoms with E-state index in [2.05, 4.69) is 13.5 Å². The zero-order valence-electron chi connectivity index (χ0n) is 8.40. The Bertz CT molecular complexity index is 355. The Morgan fingerprint density at radius 3 is 2.43 bits per heavy atom. The van der Waals surface area contributed by atoms with E-state index in [1.807, 2.05) is 42.5 Å². The molecule has 0 aromatic heterocycles. The lowest BCUT2D eigenvalue weighted by Crippen LogP contribution is -1.95. The van der Waals surface area contributed by atoms with Crippen LogP contribution in [0, 0.1) is 6.92 Å². The van der Waals surface area contributed by atoms with E-state index in [0.717, 1.165) is 11.3 Å². The van der Waals surface area contributed by atoms with E-state index < -0.39 is 0 Å². The highest BCUT2D eigenvalue weighted by molar-refractivity contribution is 5.64. The summed E-state index contributed by atoms with van der Waals surface area (Å²) < 4.78 is 0. The van der Waals surface area contributed by atoms with Crippen LogP contribution >= 0.6 is 0 Å². The summed E-state index contributed by atoms with van der Waals surface area (Å²) in [6, 6.07) is 8.13. The maximum atomic E-state index is 5.86. The van der Waals surface area contributed by atoms with Gasteiger partial charge in [-0.1, -0.05) is 54.6 Å². The molecule has 0 aliphatic carbocycles. The van der Waals surface area contributed by atoms with Gasteiger partial charge in [0, 0.05) is 5.70 Å². The van der Waals surface area contributed by atoms with Gasteiger partial charge in [0.15, 0.2) is 0 Å². The Hall–Kier alpha value is -1.76. The number of rotatable bonds is 3. The molecule has 14 heavy (non-hydrogen) atoms. The van der Waals surface area contributed by atoms with Gasteiger partial charge in [0.05, 0.1) is 0 Å². The highest BCUT2D eigenvalue weighted by Gasteiger charge is 1.93. The van der Waals surface area contributed by atoms with Gasteiger partial charge in [-0.15, -0.1) is 0 Å². The van der Waals surface area contributed by atoms with Crippen molar-refractivity contribution in [3.05, 3.63) is 66.3 Å². The van der Waals surface area contributed by atoms with Crippen LogP contribution in [0.25, 0.3) is 5.70 Å². The predicted octanol–water partition coefficient (Wildman–Crippen LogP) is 3.04. The largest absolute Gasteiger partial charge is 0.398 e. The van der Waals surface area contributed by atoms with Gasteiger partial charge in [0.1, 0.15) is 0 Å².